The minimum atomic E-state index is -0.207. The van der Waals surface area contributed by atoms with Gasteiger partial charge >= 0.3 is 0 Å². The third kappa shape index (κ3) is 3.08. The maximum Gasteiger partial charge on any atom is 0.125 e. The number of benzene rings is 1. The molecular weight excluding hydrogens is 239 g/mol. The van der Waals surface area contributed by atoms with Gasteiger partial charge in [0, 0.05) is 12.2 Å². The molecule has 0 amide bonds. The molecule has 0 aliphatic heterocycles. The lowest BCUT2D eigenvalue weighted by molar-refractivity contribution is 0.120. The summed E-state index contributed by atoms with van der Waals surface area (Å²) in [6, 6.07) is 6.66. The van der Waals surface area contributed by atoms with Crippen LogP contribution in [-0.4, -0.2) is 12.1 Å². The normalized spacial score (nSPS) is 30.1. The van der Waals surface area contributed by atoms with Crippen molar-refractivity contribution >= 4 is 5.69 Å². The molecule has 3 N–H and O–H groups in total. The van der Waals surface area contributed by atoms with E-state index in [-0.39, 0.29) is 11.4 Å². The molecular formula is C16H25FN2. The van der Waals surface area contributed by atoms with Crippen LogP contribution in [0.5, 0.6) is 0 Å². The van der Waals surface area contributed by atoms with Crippen LogP contribution in [0.2, 0.25) is 0 Å². The summed E-state index contributed by atoms with van der Waals surface area (Å²) in [5.74, 6) is 0.269. The smallest absolute Gasteiger partial charge is 0.125 e. The first kappa shape index (κ1) is 14.3. The van der Waals surface area contributed by atoms with E-state index in [4.69, 9.17) is 5.73 Å². The third-order valence-corrected chi connectivity index (χ3v) is 4.63. The van der Waals surface area contributed by atoms with E-state index in [0.717, 1.165) is 24.9 Å². The minimum Gasteiger partial charge on any atom is -0.378 e. The zero-order valence-electron chi connectivity index (χ0n) is 12.2. The first-order valence-electron chi connectivity index (χ1n) is 7.11. The van der Waals surface area contributed by atoms with Crippen LogP contribution in [0.25, 0.3) is 0 Å². The molecule has 1 aromatic rings. The van der Waals surface area contributed by atoms with Crippen molar-refractivity contribution in [2.75, 3.05) is 11.9 Å². The Labute approximate surface area is 115 Å². The molecule has 2 rings (SSSR count). The monoisotopic (exact) mass is 264 g/mol. The van der Waals surface area contributed by atoms with Crippen LogP contribution in [0.3, 0.4) is 0 Å². The second-order valence-corrected chi connectivity index (χ2v) is 6.76. The van der Waals surface area contributed by atoms with E-state index < -0.39 is 0 Å². The van der Waals surface area contributed by atoms with E-state index in [9.17, 15) is 4.39 Å². The number of halogens is 1. The second-order valence-electron chi connectivity index (χ2n) is 6.76. The molecule has 19 heavy (non-hydrogen) atoms. The summed E-state index contributed by atoms with van der Waals surface area (Å²) in [6.07, 6.45) is 3.33. The van der Waals surface area contributed by atoms with Crippen LogP contribution in [0, 0.1) is 17.2 Å². The van der Waals surface area contributed by atoms with Crippen molar-refractivity contribution in [2.24, 2.45) is 17.1 Å². The average molecular weight is 264 g/mol. The van der Waals surface area contributed by atoms with E-state index in [1.54, 1.807) is 12.1 Å². The SMILES string of the molecule is CC1CC(C)(C)CCC1(CN)Nc1cccc(F)c1. The van der Waals surface area contributed by atoms with Gasteiger partial charge in [0.15, 0.2) is 0 Å². The molecule has 0 radical (unpaired) electrons. The van der Waals surface area contributed by atoms with Crippen LogP contribution in [0.15, 0.2) is 24.3 Å². The number of nitrogens with two attached hydrogens (primary N) is 1. The predicted octanol–water partition coefficient (Wildman–Crippen LogP) is 3.78. The molecule has 0 saturated heterocycles. The van der Waals surface area contributed by atoms with E-state index in [1.165, 1.54) is 6.07 Å². The van der Waals surface area contributed by atoms with Gasteiger partial charge < -0.3 is 11.1 Å². The summed E-state index contributed by atoms with van der Waals surface area (Å²) in [7, 11) is 0. The van der Waals surface area contributed by atoms with Crippen molar-refractivity contribution in [1.29, 1.82) is 0 Å². The van der Waals surface area contributed by atoms with Gasteiger partial charge in [-0.05, 0) is 48.8 Å². The summed E-state index contributed by atoms with van der Waals surface area (Å²) in [6.45, 7) is 7.46. The Balaban J connectivity index is 2.19. The van der Waals surface area contributed by atoms with Crippen molar-refractivity contribution in [2.45, 2.75) is 45.6 Å². The number of rotatable bonds is 3. The summed E-state index contributed by atoms with van der Waals surface area (Å²) in [5, 5.41) is 3.51. The van der Waals surface area contributed by atoms with Gasteiger partial charge in [-0.1, -0.05) is 26.8 Å². The molecule has 3 heteroatoms. The summed E-state index contributed by atoms with van der Waals surface area (Å²) in [4.78, 5) is 0. The van der Waals surface area contributed by atoms with E-state index in [1.807, 2.05) is 6.07 Å². The van der Waals surface area contributed by atoms with Crippen LogP contribution in [-0.2, 0) is 0 Å². The molecule has 1 aliphatic rings. The molecule has 0 aromatic heterocycles. The molecule has 2 unspecified atom stereocenters. The lowest BCUT2D eigenvalue weighted by Crippen LogP contribution is -2.55. The molecule has 2 atom stereocenters. The lowest BCUT2D eigenvalue weighted by Gasteiger charge is -2.49. The first-order chi connectivity index (χ1) is 8.87. The molecule has 1 fully saturated rings. The van der Waals surface area contributed by atoms with E-state index >= 15 is 0 Å². The van der Waals surface area contributed by atoms with Crippen molar-refractivity contribution in [3.63, 3.8) is 0 Å². The number of hydrogen-bond acceptors (Lipinski definition) is 2. The predicted molar refractivity (Wildman–Crippen MR) is 78.6 cm³/mol. The highest BCUT2D eigenvalue weighted by molar-refractivity contribution is 5.46. The van der Waals surface area contributed by atoms with Gasteiger partial charge in [-0.2, -0.15) is 0 Å². The third-order valence-electron chi connectivity index (χ3n) is 4.63. The highest BCUT2D eigenvalue weighted by Crippen LogP contribution is 2.44. The molecule has 106 valence electrons. The lowest BCUT2D eigenvalue weighted by atomic mass is 9.63. The Bertz CT molecular complexity index is 444. The molecule has 1 aliphatic carbocycles. The van der Waals surface area contributed by atoms with Gasteiger partial charge in [-0.3, -0.25) is 0 Å². The topological polar surface area (TPSA) is 38.0 Å². The first-order valence-corrected chi connectivity index (χ1v) is 7.11. The fourth-order valence-corrected chi connectivity index (χ4v) is 3.33. The fourth-order valence-electron chi connectivity index (χ4n) is 3.33. The standard InChI is InChI=1S/C16H25FN2/c1-12-10-15(2,3)7-8-16(12,11-18)19-14-6-4-5-13(17)9-14/h4-6,9,12,19H,7-8,10-11,18H2,1-3H3. The molecule has 0 heterocycles. The quantitative estimate of drug-likeness (QED) is 0.872. The summed E-state index contributed by atoms with van der Waals surface area (Å²) < 4.78 is 13.3. The van der Waals surface area contributed by atoms with Crippen molar-refractivity contribution < 1.29 is 4.39 Å². The second kappa shape index (κ2) is 5.12. The molecule has 1 aromatic carbocycles. The number of hydrogen-bond donors (Lipinski definition) is 2. The number of nitrogens with one attached hydrogen (secondary N) is 1. The molecule has 0 spiro atoms. The van der Waals surface area contributed by atoms with E-state index in [2.05, 4.69) is 26.1 Å². The Morgan fingerprint density at radius 1 is 1.37 bits per heavy atom. The Kier molecular flexibility index (Phi) is 3.86. The van der Waals surface area contributed by atoms with Crippen molar-refractivity contribution in [3.05, 3.63) is 30.1 Å². The zero-order chi connectivity index (χ0) is 14.1. The Morgan fingerprint density at radius 3 is 2.68 bits per heavy atom. The highest BCUT2D eigenvalue weighted by Gasteiger charge is 2.42. The zero-order valence-corrected chi connectivity index (χ0v) is 12.2. The van der Waals surface area contributed by atoms with Gasteiger partial charge in [0.05, 0.1) is 5.54 Å². The highest BCUT2D eigenvalue weighted by atomic mass is 19.1. The summed E-state index contributed by atoms with van der Waals surface area (Å²) in [5.41, 5.74) is 7.15. The Morgan fingerprint density at radius 2 is 2.11 bits per heavy atom. The molecule has 0 bridgehead atoms. The van der Waals surface area contributed by atoms with Gasteiger partial charge in [0.2, 0.25) is 0 Å². The molecule has 1 saturated carbocycles. The number of anilines is 1. The van der Waals surface area contributed by atoms with E-state index in [0.29, 0.717) is 17.9 Å². The fraction of sp³-hybridized carbons (Fsp3) is 0.625. The van der Waals surface area contributed by atoms with Gasteiger partial charge in [-0.15, -0.1) is 0 Å². The van der Waals surface area contributed by atoms with Crippen LogP contribution in [0.1, 0.15) is 40.0 Å². The van der Waals surface area contributed by atoms with Gasteiger partial charge in [-0.25, -0.2) is 4.39 Å². The van der Waals surface area contributed by atoms with Crippen molar-refractivity contribution in [1.82, 2.24) is 0 Å². The maximum atomic E-state index is 13.3. The van der Waals surface area contributed by atoms with Gasteiger partial charge in [0.25, 0.3) is 0 Å². The average Bonchev–Trinajstić information content (AvgIpc) is 2.33. The van der Waals surface area contributed by atoms with Crippen molar-refractivity contribution in [3.8, 4) is 0 Å². The largest absolute Gasteiger partial charge is 0.378 e. The van der Waals surface area contributed by atoms with Gasteiger partial charge in [0.1, 0.15) is 5.82 Å². The van der Waals surface area contributed by atoms with Crippen LogP contribution in [0.4, 0.5) is 10.1 Å². The maximum absolute atomic E-state index is 13.3. The summed E-state index contributed by atoms with van der Waals surface area (Å²) >= 11 is 0. The van der Waals surface area contributed by atoms with Crippen LogP contribution < -0.4 is 11.1 Å². The van der Waals surface area contributed by atoms with Crippen LogP contribution >= 0.6 is 0 Å². The Hall–Kier alpha value is -1.09. The minimum absolute atomic E-state index is 0.108. The molecule has 2 nitrogen and oxygen atoms in total.